The molecule has 2 saturated heterocycles. The molecule has 0 radical (unpaired) electrons. The first-order chi connectivity index (χ1) is 8.95. The van der Waals surface area contributed by atoms with Gasteiger partial charge in [0.1, 0.15) is 0 Å². The van der Waals surface area contributed by atoms with Crippen molar-refractivity contribution in [3.63, 3.8) is 0 Å². The van der Waals surface area contributed by atoms with Gasteiger partial charge in [-0.05, 0) is 50.0 Å². The molecular formula is C13H26N2O3S. The molecule has 0 aliphatic carbocycles. The molecule has 19 heavy (non-hydrogen) atoms. The Balaban J connectivity index is 1.97. The molecule has 0 aromatic rings. The minimum Gasteiger partial charge on any atom is -0.381 e. The van der Waals surface area contributed by atoms with Crippen LogP contribution in [0.1, 0.15) is 32.1 Å². The summed E-state index contributed by atoms with van der Waals surface area (Å²) in [6.07, 6.45) is 6.46. The lowest BCUT2D eigenvalue weighted by Crippen LogP contribution is -2.44. The van der Waals surface area contributed by atoms with Crippen LogP contribution in [0.4, 0.5) is 0 Å². The van der Waals surface area contributed by atoms with Crippen LogP contribution in [0.15, 0.2) is 0 Å². The number of rotatable bonds is 4. The summed E-state index contributed by atoms with van der Waals surface area (Å²) in [6, 6.07) is 0. The van der Waals surface area contributed by atoms with Gasteiger partial charge in [-0.3, -0.25) is 0 Å². The average Bonchev–Trinajstić information content (AvgIpc) is 2.39. The zero-order valence-electron chi connectivity index (χ0n) is 11.8. The predicted molar refractivity (Wildman–Crippen MR) is 75.3 cm³/mol. The van der Waals surface area contributed by atoms with Gasteiger partial charge in [-0.1, -0.05) is 0 Å². The first kappa shape index (κ1) is 15.2. The topological polar surface area (TPSA) is 72.6 Å². The van der Waals surface area contributed by atoms with Crippen LogP contribution in [0.3, 0.4) is 0 Å². The maximum Gasteiger partial charge on any atom is 0.211 e. The Morgan fingerprint density at radius 3 is 2.63 bits per heavy atom. The van der Waals surface area contributed by atoms with E-state index in [1.807, 2.05) is 0 Å². The van der Waals surface area contributed by atoms with Gasteiger partial charge in [-0.2, -0.15) is 0 Å². The van der Waals surface area contributed by atoms with Crippen LogP contribution in [-0.2, 0) is 14.8 Å². The van der Waals surface area contributed by atoms with E-state index in [-0.39, 0.29) is 5.41 Å². The second-order valence-electron chi connectivity index (χ2n) is 6.15. The van der Waals surface area contributed by atoms with Gasteiger partial charge >= 0.3 is 0 Å². The van der Waals surface area contributed by atoms with Gasteiger partial charge in [0, 0.05) is 26.3 Å². The summed E-state index contributed by atoms with van der Waals surface area (Å²) in [5, 5.41) is 0. The fraction of sp³-hybridized carbons (Fsp3) is 1.00. The smallest absolute Gasteiger partial charge is 0.211 e. The number of sulfonamides is 1. The Bertz CT molecular complexity index is 391. The molecule has 2 fully saturated rings. The molecule has 1 unspecified atom stereocenters. The second kappa shape index (κ2) is 6.08. The number of nitrogens with two attached hydrogens (primary N) is 1. The molecule has 6 heteroatoms. The molecule has 2 aliphatic rings. The third-order valence-electron chi connectivity index (χ3n) is 4.66. The van der Waals surface area contributed by atoms with Crippen LogP contribution < -0.4 is 5.73 Å². The molecular weight excluding hydrogens is 264 g/mol. The molecule has 0 saturated carbocycles. The summed E-state index contributed by atoms with van der Waals surface area (Å²) in [5.41, 5.74) is 6.16. The van der Waals surface area contributed by atoms with Crippen LogP contribution in [0.2, 0.25) is 0 Å². The van der Waals surface area contributed by atoms with Gasteiger partial charge < -0.3 is 10.5 Å². The van der Waals surface area contributed by atoms with E-state index in [0.717, 1.165) is 45.3 Å². The molecule has 2 rings (SSSR count). The Labute approximate surface area is 116 Å². The maximum absolute atomic E-state index is 11.7. The van der Waals surface area contributed by atoms with E-state index in [1.54, 1.807) is 4.31 Å². The quantitative estimate of drug-likeness (QED) is 0.831. The molecule has 5 nitrogen and oxygen atoms in total. The monoisotopic (exact) mass is 290 g/mol. The first-order valence-electron chi connectivity index (χ1n) is 7.18. The molecule has 1 atom stereocenters. The lowest BCUT2D eigenvalue weighted by molar-refractivity contribution is 0.00238. The highest BCUT2D eigenvalue weighted by molar-refractivity contribution is 7.88. The molecule has 2 heterocycles. The van der Waals surface area contributed by atoms with Gasteiger partial charge in [0.15, 0.2) is 0 Å². The van der Waals surface area contributed by atoms with Crippen molar-refractivity contribution in [3.05, 3.63) is 0 Å². The Morgan fingerprint density at radius 2 is 2.05 bits per heavy atom. The van der Waals surface area contributed by atoms with Crippen molar-refractivity contribution < 1.29 is 13.2 Å². The Morgan fingerprint density at radius 1 is 1.37 bits per heavy atom. The second-order valence-corrected chi connectivity index (χ2v) is 8.13. The average molecular weight is 290 g/mol. The van der Waals surface area contributed by atoms with Crippen LogP contribution in [0.5, 0.6) is 0 Å². The fourth-order valence-corrected chi connectivity index (χ4v) is 4.35. The molecule has 0 amide bonds. The summed E-state index contributed by atoms with van der Waals surface area (Å²) < 4.78 is 30.4. The van der Waals surface area contributed by atoms with E-state index >= 15 is 0 Å². The minimum atomic E-state index is -3.05. The maximum atomic E-state index is 11.7. The van der Waals surface area contributed by atoms with Crippen molar-refractivity contribution in [2.45, 2.75) is 32.1 Å². The predicted octanol–water partition coefficient (Wildman–Crippen LogP) is 0.804. The Hall–Kier alpha value is -0.170. The van der Waals surface area contributed by atoms with Gasteiger partial charge in [0.05, 0.1) is 6.26 Å². The van der Waals surface area contributed by atoms with Gasteiger partial charge in [0.25, 0.3) is 0 Å². The largest absolute Gasteiger partial charge is 0.381 e. The highest BCUT2D eigenvalue weighted by atomic mass is 32.2. The number of piperidine rings is 1. The molecule has 2 N–H and O–H groups in total. The molecule has 0 bridgehead atoms. The van der Waals surface area contributed by atoms with E-state index in [1.165, 1.54) is 6.26 Å². The first-order valence-corrected chi connectivity index (χ1v) is 9.03. The van der Waals surface area contributed by atoms with E-state index in [2.05, 4.69) is 0 Å². The minimum absolute atomic E-state index is 0.170. The Kier molecular flexibility index (Phi) is 4.87. The summed E-state index contributed by atoms with van der Waals surface area (Å²) in [6.45, 7) is 3.61. The lowest BCUT2D eigenvalue weighted by Gasteiger charge is -2.41. The van der Waals surface area contributed by atoms with Crippen molar-refractivity contribution in [2.24, 2.45) is 17.1 Å². The van der Waals surface area contributed by atoms with E-state index in [9.17, 15) is 8.42 Å². The molecule has 2 aliphatic heterocycles. The van der Waals surface area contributed by atoms with Crippen molar-refractivity contribution in [2.75, 3.05) is 39.1 Å². The highest BCUT2D eigenvalue weighted by Crippen LogP contribution is 2.38. The number of hydrogen-bond donors (Lipinski definition) is 1. The zero-order chi connectivity index (χ0) is 13.9. The standard InChI is InChI=1S/C13H26N2O3S/c1-19(16,17)15-6-2-3-12(10-15)9-13(11-14)4-7-18-8-5-13/h12H,2-11,14H2,1H3. The normalized spacial score (nSPS) is 29.3. The highest BCUT2D eigenvalue weighted by Gasteiger charge is 2.36. The zero-order valence-corrected chi connectivity index (χ0v) is 12.6. The summed E-state index contributed by atoms with van der Waals surface area (Å²) in [7, 11) is -3.05. The van der Waals surface area contributed by atoms with Gasteiger partial charge in [-0.25, -0.2) is 12.7 Å². The summed E-state index contributed by atoms with van der Waals surface area (Å²) >= 11 is 0. The molecule has 0 spiro atoms. The summed E-state index contributed by atoms with van der Waals surface area (Å²) in [5.74, 6) is 0.449. The van der Waals surface area contributed by atoms with Crippen molar-refractivity contribution >= 4 is 10.0 Å². The van der Waals surface area contributed by atoms with Crippen LogP contribution in [-0.4, -0.2) is 51.8 Å². The third-order valence-corrected chi connectivity index (χ3v) is 5.93. The SMILES string of the molecule is CS(=O)(=O)N1CCCC(CC2(CN)CCOCC2)C1. The van der Waals surface area contributed by atoms with Crippen molar-refractivity contribution in [1.29, 1.82) is 0 Å². The molecule has 0 aromatic carbocycles. The van der Waals surface area contributed by atoms with E-state index < -0.39 is 10.0 Å². The van der Waals surface area contributed by atoms with Crippen molar-refractivity contribution in [1.82, 2.24) is 4.31 Å². The van der Waals surface area contributed by atoms with Crippen molar-refractivity contribution in [3.8, 4) is 0 Å². The fourth-order valence-electron chi connectivity index (χ4n) is 3.40. The van der Waals surface area contributed by atoms with Gasteiger partial charge in [-0.15, -0.1) is 0 Å². The molecule has 0 aromatic heterocycles. The lowest BCUT2D eigenvalue weighted by atomic mass is 9.72. The van der Waals surface area contributed by atoms with Crippen LogP contribution in [0.25, 0.3) is 0 Å². The number of nitrogens with zero attached hydrogens (tertiary/aromatic N) is 1. The molecule has 112 valence electrons. The number of ether oxygens (including phenoxy) is 1. The van der Waals surface area contributed by atoms with Crippen LogP contribution in [0, 0.1) is 11.3 Å². The number of hydrogen-bond acceptors (Lipinski definition) is 4. The van der Waals surface area contributed by atoms with E-state index in [4.69, 9.17) is 10.5 Å². The van der Waals surface area contributed by atoms with Gasteiger partial charge in [0.2, 0.25) is 10.0 Å². The van der Waals surface area contributed by atoms with E-state index in [0.29, 0.717) is 25.6 Å². The van der Waals surface area contributed by atoms with Crippen LogP contribution >= 0.6 is 0 Å². The third kappa shape index (κ3) is 3.90. The summed E-state index contributed by atoms with van der Waals surface area (Å²) in [4.78, 5) is 0.